The van der Waals surface area contributed by atoms with Gasteiger partial charge in [0.1, 0.15) is 5.69 Å². The molecule has 10 heteroatoms. The largest absolute Gasteiger partial charge is 0.416 e. The number of amides is 1. The summed E-state index contributed by atoms with van der Waals surface area (Å²) in [7, 11) is 0. The van der Waals surface area contributed by atoms with E-state index in [0.29, 0.717) is 23.2 Å². The van der Waals surface area contributed by atoms with Gasteiger partial charge in [-0.1, -0.05) is 30.8 Å². The van der Waals surface area contributed by atoms with E-state index in [0.717, 1.165) is 18.6 Å². The fourth-order valence-electron chi connectivity index (χ4n) is 2.61. The molecule has 0 saturated heterocycles. The van der Waals surface area contributed by atoms with Crippen molar-refractivity contribution in [2.75, 3.05) is 11.1 Å². The van der Waals surface area contributed by atoms with Crippen molar-refractivity contribution in [1.29, 1.82) is 0 Å². The molecule has 2 aromatic heterocycles. The van der Waals surface area contributed by atoms with Gasteiger partial charge in [-0.2, -0.15) is 13.2 Å². The number of anilines is 1. The second-order valence-corrected chi connectivity index (χ2v) is 7.03. The second kappa shape index (κ2) is 9.08. The lowest BCUT2D eigenvalue weighted by Crippen LogP contribution is -2.15. The Bertz CT molecular complexity index is 975. The van der Waals surface area contributed by atoms with Gasteiger partial charge in [-0.25, -0.2) is 0 Å². The predicted octanol–water partition coefficient (Wildman–Crippen LogP) is 4.50. The highest BCUT2D eigenvalue weighted by Crippen LogP contribution is 2.30. The third kappa shape index (κ3) is 5.35. The Labute approximate surface area is 169 Å². The van der Waals surface area contributed by atoms with Gasteiger partial charge in [0.05, 0.1) is 11.3 Å². The van der Waals surface area contributed by atoms with E-state index >= 15 is 0 Å². The van der Waals surface area contributed by atoms with Crippen LogP contribution in [0.15, 0.2) is 53.8 Å². The zero-order valence-corrected chi connectivity index (χ0v) is 16.3. The fraction of sp³-hybridized carbons (Fsp3) is 0.263. The zero-order valence-electron chi connectivity index (χ0n) is 15.5. The van der Waals surface area contributed by atoms with Crippen molar-refractivity contribution < 1.29 is 18.0 Å². The third-order valence-corrected chi connectivity index (χ3v) is 4.83. The molecular weight excluding hydrogens is 403 g/mol. The summed E-state index contributed by atoms with van der Waals surface area (Å²) in [5.41, 5.74) is -0.0472. The van der Waals surface area contributed by atoms with E-state index in [1.807, 2.05) is 23.6 Å². The minimum absolute atomic E-state index is 0.0136. The first-order valence-corrected chi connectivity index (χ1v) is 9.81. The smallest absolute Gasteiger partial charge is 0.325 e. The molecule has 0 radical (unpaired) electrons. The Morgan fingerprint density at radius 3 is 2.69 bits per heavy atom. The molecule has 29 heavy (non-hydrogen) atoms. The van der Waals surface area contributed by atoms with E-state index in [1.165, 1.54) is 23.9 Å². The van der Waals surface area contributed by atoms with Gasteiger partial charge in [0.25, 0.3) is 0 Å². The van der Waals surface area contributed by atoms with Gasteiger partial charge in [0, 0.05) is 18.4 Å². The van der Waals surface area contributed by atoms with Crippen LogP contribution in [0, 0.1) is 0 Å². The van der Waals surface area contributed by atoms with Crippen molar-refractivity contribution in [2.24, 2.45) is 0 Å². The van der Waals surface area contributed by atoms with Crippen LogP contribution in [0.3, 0.4) is 0 Å². The van der Waals surface area contributed by atoms with Gasteiger partial charge in [-0.3, -0.25) is 9.78 Å². The van der Waals surface area contributed by atoms with Gasteiger partial charge >= 0.3 is 6.18 Å². The van der Waals surface area contributed by atoms with Gasteiger partial charge in [0.15, 0.2) is 11.0 Å². The molecule has 1 aromatic carbocycles. The molecule has 0 aliphatic carbocycles. The maximum Gasteiger partial charge on any atom is 0.416 e. The third-order valence-electron chi connectivity index (χ3n) is 3.86. The van der Waals surface area contributed by atoms with E-state index in [4.69, 9.17) is 0 Å². The van der Waals surface area contributed by atoms with Crippen LogP contribution in [0.1, 0.15) is 18.9 Å². The molecule has 1 N–H and O–H groups in total. The Kier molecular flexibility index (Phi) is 6.53. The van der Waals surface area contributed by atoms with Gasteiger partial charge in [-0.15, -0.1) is 10.2 Å². The Hall–Kier alpha value is -2.88. The predicted molar refractivity (Wildman–Crippen MR) is 104 cm³/mol. The van der Waals surface area contributed by atoms with Gasteiger partial charge < -0.3 is 9.88 Å². The van der Waals surface area contributed by atoms with Crippen molar-refractivity contribution in [3.63, 3.8) is 0 Å². The lowest BCUT2D eigenvalue weighted by atomic mass is 10.2. The summed E-state index contributed by atoms with van der Waals surface area (Å²) >= 11 is 1.17. The number of hydrogen-bond acceptors (Lipinski definition) is 5. The van der Waals surface area contributed by atoms with Crippen LogP contribution in [0.4, 0.5) is 18.9 Å². The number of halogens is 3. The summed E-state index contributed by atoms with van der Waals surface area (Å²) in [6, 6.07) is 10.0. The summed E-state index contributed by atoms with van der Waals surface area (Å²) < 4.78 is 40.3. The number of carbonyl (C=O) groups is 1. The van der Waals surface area contributed by atoms with Crippen molar-refractivity contribution in [3.05, 3.63) is 54.2 Å². The summed E-state index contributed by atoms with van der Waals surface area (Å²) in [6.45, 7) is 2.66. The number of nitrogens with zero attached hydrogens (tertiary/aromatic N) is 4. The molecule has 0 fully saturated rings. The summed E-state index contributed by atoms with van der Waals surface area (Å²) in [5, 5.41) is 11.4. The van der Waals surface area contributed by atoms with E-state index in [-0.39, 0.29) is 11.4 Å². The second-order valence-electron chi connectivity index (χ2n) is 6.09. The van der Waals surface area contributed by atoms with Crippen molar-refractivity contribution in [3.8, 4) is 11.5 Å². The summed E-state index contributed by atoms with van der Waals surface area (Å²) in [6.07, 6.45) is -1.97. The molecule has 0 unspecified atom stereocenters. The van der Waals surface area contributed by atoms with Crippen LogP contribution in [-0.4, -0.2) is 31.4 Å². The molecule has 0 saturated carbocycles. The number of nitrogens with one attached hydrogen (secondary N) is 1. The maximum atomic E-state index is 12.8. The molecule has 2 heterocycles. The van der Waals surface area contributed by atoms with Gasteiger partial charge in [-0.05, 0) is 36.8 Å². The molecule has 3 aromatic rings. The number of thioether (sulfide) groups is 1. The van der Waals surface area contributed by atoms with E-state index < -0.39 is 17.6 Å². The van der Waals surface area contributed by atoms with Crippen molar-refractivity contribution in [2.45, 2.75) is 31.2 Å². The van der Waals surface area contributed by atoms with Crippen molar-refractivity contribution in [1.82, 2.24) is 19.7 Å². The number of alkyl halides is 3. The monoisotopic (exact) mass is 421 g/mol. The molecule has 1 amide bonds. The minimum Gasteiger partial charge on any atom is -0.325 e. The molecule has 0 atom stereocenters. The average Bonchev–Trinajstić information content (AvgIpc) is 3.09. The van der Waals surface area contributed by atoms with Crippen LogP contribution in [0.5, 0.6) is 0 Å². The molecule has 0 bridgehead atoms. The Morgan fingerprint density at radius 2 is 2.00 bits per heavy atom. The van der Waals surface area contributed by atoms with Gasteiger partial charge in [0.2, 0.25) is 5.91 Å². The molecular formula is C19H18F3N5OS. The van der Waals surface area contributed by atoms with Crippen molar-refractivity contribution >= 4 is 23.4 Å². The van der Waals surface area contributed by atoms with E-state index in [1.54, 1.807) is 12.3 Å². The van der Waals surface area contributed by atoms with E-state index in [9.17, 15) is 18.0 Å². The first-order valence-electron chi connectivity index (χ1n) is 8.83. The van der Waals surface area contributed by atoms with E-state index in [2.05, 4.69) is 20.5 Å². The lowest BCUT2D eigenvalue weighted by Gasteiger charge is -2.10. The molecule has 0 aliphatic rings. The minimum atomic E-state index is -4.46. The Balaban J connectivity index is 1.68. The molecule has 152 valence electrons. The highest BCUT2D eigenvalue weighted by atomic mass is 32.2. The fourth-order valence-corrected chi connectivity index (χ4v) is 3.37. The first-order chi connectivity index (χ1) is 13.9. The number of carbonyl (C=O) groups excluding carboxylic acids is 1. The first kappa shape index (κ1) is 20.8. The quantitative estimate of drug-likeness (QED) is 0.569. The number of hydrogen-bond donors (Lipinski definition) is 1. The number of rotatable bonds is 7. The highest BCUT2D eigenvalue weighted by molar-refractivity contribution is 7.99. The molecule has 3 rings (SSSR count). The zero-order chi connectivity index (χ0) is 20.9. The normalized spacial score (nSPS) is 11.4. The molecule has 0 spiro atoms. The van der Waals surface area contributed by atoms with Crippen LogP contribution in [0.2, 0.25) is 0 Å². The van der Waals surface area contributed by atoms with Crippen LogP contribution < -0.4 is 5.32 Å². The summed E-state index contributed by atoms with van der Waals surface area (Å²) in [5.74, 6) is 0.160. The highest BCUT2D eigenvalue weighted by Gasteiger charge is 2.30. The maximum absolute atomic E-state index is 12.8. The standard InChI is InChI=1S/C19H18F3N5OS/c1-2-10-27-17(15-8-3-4-9-23-15)25-26-18(27)29-12-16(28)24-14-7-5-6-13(11-14)19(20,21)22/h3-9,11H,2,10,12H2,1H3,(H,24,28). The average molecular weight is 421 g/mol. The molecule has 0 aliphatic heterocycles. The molecule has 6 nitrogen and oxygen atoms in total. The van der Waals surface area contributed by atoms with Crippen LogP contribution in [-0.2, 0) is 17.5 Å². The van der Waals surface area contributed by atoms with Crippen LogP contribution >= 0.6 is 11.8 Å². The number of aromatic nitrogens is 4. The summed E-state index contributed by atoms with van der Waals surface area (Å²) in [4.78, 5) is 16.5. The lowest BCUT2D eigenvalue weighted by molar-refractivity contribution is -0.137. The van der Waals surface area contributed by atoms with Crippen LogP contribution in [0.25, 0.3) is 11.5 Å². The Morgan fingerprint density at radius 1 is 1.17 bits per heavy atom. The topological polar surface area (TPSA) is 72.7 Å². The number of benzene rings is 1. The number of pyridine rings is 1. The SMILES string of the molecule is CCCn1c(SCC(=O)Nc2cccc(C(F)(F)F)c2)nnc1-c1ccccn1.